The molecule has 4 N–H and O–H groups in total. The molecule has 0 aromatic carbocycles. The molecule has 0 radical (unpaired) electrons. The van der Waals surface area contributed by atoms with E-state index in [1.807, 2.05) is 0 Å². The number of amides is 1. The maximum atomic E-state index is 11.9. The summed E-state index contributed by atoms with van der Waals surface area (Å²) in [4.78, 5) is 19.1. The van der Waals surface area contributed by atoms with E-state index in [1.165, 1.54) is 0 Å². The fourth-order valence-corrected chi connectivity index (χ4v) is 1.78. The maximum absolute atomic E-state index is 11.9. The quantitative estimate of drug-likeness (QED) is 0.561. The Hall–Kier alpha value is -1.40. The summed E-state index contributed by atoms with van der Waals surface area (Å²) in [5, 5.41) is 15.4. The van der Waals surface area contributed by atoms with E-state index in [0.717, 1.165) is 11.4 Å². The van der Waals surface area contributed by atoms with Gasteiger partial charge in [0.25, 0.3) is 0 Å². The third kappa shape index (κ3) is 3.04. The molecule has 2 rings (SSSR count). The number of hydrogen-bond donors (Lipinski definition) is 4. The molecule has 94 valence electrons. The molecule has 1 atom stereocenters. The lowest BCUT2D eigenvalue weighted by atomic mass is 10.0. The van der Waals surface area contributed by atoms with Gasteiger partial charge in [0.15, 0.2) is 0 Å². The average Bonchev–Trinajstić information content (AvgIpc) is 2.71. The summed E-state index contributed by atoms with van der Waals surface area (Å²) in [7, 11) is 0. The van der Waals surface area contributed by atoms with Crippen LogP contribution in [0.5, 0.6) is 0 Å². The topological polar surface area (TPSA) is 90.0 Å². The number of nitrogens with one attached hydrogen (secondary N) is 3. The first-order valence-corrected chi connectivity index (χ1v) is 5.70. The lowest BCUT2D eigenvalue weighted by Crippen LogP contribution is -2.50. The van der Waals surface area contributed by atoms with E-state index in [-0.39, 0.29) is 18.5 Å². The van der Waals surface area contributed by atoms with E-state index in [1.54, 1.807) is 20.2 Å². The predicted molar refractivity (Wildman–Crippen MR) is 62.2 cm³/mol. The number of H-pyrrole nitrogens is 1. The van der Waals surface area contributed by atoms with Crippen LogP contribution in [-0.2, 0) is 17.8 Å². The highest BCUT2D eigenvalue weighted by Gasteiger charge is 2.26. The van der Waals surface area contributed by atoms with Crippen molar-refractivity contribution in [3.63, 3.8) is 0 Å². The molecule has 0 bridgehead atoms. The number of aliphatic hydroxyl groups is 1. The molecule has 0 aliphatic carbocycles. The third-order valence-corrected chi connectivity index (χ3v) is 2.74. The summed E-state index contributed by atoms with van der Waals surface area (Å²) in [5.41, 5.74) is 1.09. The monoisotopic (exact) mass is 238 g/mol. The molecule has 1 aromatic rings. The van der Waals surface area contributed by atoms with Crippen molar-refractivity contribution in [3.05, 3.63) is 17.7 Å². The Labute approximate surface area is 99.8 Å². The van der Waals surface area contributed by atoms with E-state index in [4.69, 9.17) is 0 Å². The molecule has 2 heterocycles. The van der Waals surface area contributed by atoms with Crippen LogP contribution in [0.1, 0.15) is 25.2 Å². The lowest BCUT2D eigenvalue weighted by molar-refractivity contribution is -0.124. The fourth-order valence-electron chi connectivity index (χ4n) is 1.78. The first-order chi connectivity index (χ1) is 7.96. The van der Waals surface area contributed by atoms with Crippen LogP contribution in [0.15, 0.2) is 6.33 Å². The summed E-state index contributed by atoms with van der Waals surface area (Å²) in [6.45, 7) is 4.19. The highest BCUT2D eigenvalue weighted by molar-refractivity contribution is 5.82. The molecule has 0 spiro atoms. The van der Waals surface area contributed by atoms with E-state index in [2.05, 4.69) is 20.6 Å². The zero-order chi connectivity index (χ0) is 12.5. The number of carbonyl (C=O) groups is 1. The number of fused-ring (bicyclic) bond motifs is 1. The molecule has 1 aromatic heterocycles. The standard InChI is InChI=1S/C11H18N4O2/c1-11(2,17)5-13-10(16)8-3-7-9(4-12-8)15-6-14-7/h6,8,12,17H,3-5H2,1-2H3,(H,13,16)(H,14,15). The molecule has 1 unspecified atom stereocenters. The summed E-state index contributed by atoms with van der Waals surface area (Å²) >= 11 is 0. The van der Waals surface area contributed by atoms with E-state index in [0.29, 0.717) is 13.0 Å². The summed E-state index contributed by atoms with van der Waals surface area (Å²) in [5.74, 6) is -0.0965. The van der Waals surface area contributed by atoms with Gasteiger partial charge in [0.1, 0.15) is 0 Å². The van der Waals surface area contributed by atoms with Gasteiger partial charge in [-0.2, -0.15) is 0 Å². The second-order valence-electron chi connectivity index (χ2n) is 5.00. The van der Waals surface area contributed by atoms with Gasteiger partial charge in [-0.25, -0.2) is 4.98 Å². The van der Waals surface area contributed by atoms with Gasteiger partial charge >= 0.3 is 0 Å². The second kappa shape index (κ2) is 4.46. The maximum Gasteiger partial charge on any atom is 0.237 e. The van der Waals surface area contributed by atoms with Gasteiger partial charge in [0.05, 0.1) is 29.4 Å². The normalized spacial score (nSPS) is 19.8. The minimum absolute atomic E-state index is 0.0965. The Morgan fingerprint density at radius 2 is 2.47 bits per heavy atom. The largest absolute Gasteiger partial charge is 0.389 e. The van der Waals surface area contributed by atoms with Gasteiger partial charge in [0, 0.05) is 19.5 Å². The molecule has 17 heavy (non-hydrogen) atoms. The van der Waals surface area contributed by atoms with Crippen LogP contribution in [-0.4, -0.2) is 39.2 Å². The number of nitrogens with zero attached hydrogens (tertiary/aromatic N) is 1. The van der Waals surface area contributed by atoms with E-state index in [9.17, 15) is 9.90 Å². The van der Waals surface area contributed by atoms with Gasteiger partial charge in [-0.1, -0.05) is 0 Å². The van der Waals surface area contributed by atoms with Crippen LogP contribution >= 0.6 is 0 Å². The van der Waals surface area contributed by atoms with Crippen molar-refractivity contribution in [1.29, 1.82) is 0 Å². The summed E-state index contributed by atoms with van der Waals surface area (Å²) in [6, 6.07) is -0.270. The van der Waals surface area contributed by atoms with Gasteiger partial charge in [0.2, 0.25) is 5.91 Å². The third-order valence-electron chi connectivity index (χ3n) is 2.74. The molecule has 6 heteroatoms. The number of aromatic nitrogens is 2. The Morgan fingerprint density at radius 3 is 3.18 bits per heavy atom. The van der Waals surface area contributed by atoms with Crippen molar-refractivity contribution >= 4 is 5.91 Å². The first-order valence-electron chi connectivity index (χ1n) is 5.70. The van der Waals surface area contributed by atoms with Crippen LogP contribution in [0.4, 0.5) is 0 Å². The van der Waals surface area contributed by atoms with E-state index >= 15 is 0 Å². The second-order valence-corrected chi connectivity index (χ2v) is 5.00. The molecule has 1 amide bonds. The average molecular weight is 238 g/mol. The van der Waals surface area contributed by atoms with Gasteiger partial charge in [-0.3, -0.25) is 10.1 Å². The first kappa shape index (κ1) is 12.1. The Kier molecular flexibility index (Phi) is 3.17. The minimum Gasteiger partial charge on any atom is -0.389 e. The van der Waals surface area contributed by atoms with Crippen LogP contribution in [0.2, 0.25) is 0 Å². The van der Waals surface area contributed by atoms with Crippen molar-refractivity contribution in [2.75, 3.05) is 6.54 Å². The van der Waals surface area contributed by atoms with Gasteiger partial charge < -0.3 is 15.4 Å². The van der Waals surface area contributed by atoms with Crippen LogP contribution in [0.3, 0.4) is 0 Å². The van der Waals surface area contributed by atoms with Crippen LogP contribution in [0, 0.1) is 0 Å². The Bertz CT molecular complexity index is 408. The van der Waals surface area contributed by atoms with Crippen LogP contribution < -0.4 is 10.6 Å². The molecule has 0 saturated carbocycles. The molecule has 1 aliphatic rings. The van der Waals surface area contributed by atoms with Gasteiger partial charge in [-0.05, 0) is 13.8 Å². The summed E-state index contributed by atoms with van der Waals surface area (Å²) < 4.78 is 0. The van der Waals surface area contributed by atoms with Gasteiger partial charge in [-0.15, -0.1) is 0 Å². The van der Waals surface area contributed by atoms with Crippen molar-refractivity contribution in [2.24, 2.45) is 0 Å². The number of hydrogen-bond acceptors (Lipinski definition) is 4. The number of rotatable bonds is 3. The van der Waals surface area contributed by atoms with Crippen molar-refractivity contribution in [2.45, 2.75) is 38.5 Å². The zero-order valence-electron chi connectivity index (χ0n) is 10.1. The molecular weight excluding hydrogens is 220 g/mol. The number of carbonyl (C=O) groups excluding carboxylic acids is 1. The minimum atomic E-state index is -0.887. The van der Waals surface area contributed by atoms with Crippen molar-refractivity contribution < 1.29 is 9.90 Å². The Balaban J connectivity index is 1.90. The molecular formula is C11H18N4O2. The highest BCUT2D eigenvalue weighted by Crippen LogP contribution is 2.12. The SMILES string of the molecule is CC(C)(O)CNC(=O)C1Cc2nc[nH]c2CN1. The number of imidazole rings is 1. The molecule has 0 saturated heterocycles. The fraction of sp³-hybridized carbons (Fsp3) is 0.636. The van der Waals surface area contributed by atoms with E-state index < -0.39 is 5.60 Å². The lowest BCUT2D eigenvalue weighted by Gasteiger charge is -2.24. The van der Waals surface area contributed by atoms with Crippen molar-refractivity contribution in [1.82, 2.24) is 20.6 Å². The highest BCUT2D eigenvalue weighted by atomic mass is 16.3. The van der Waals surface area contributed by atoms with Crippen LogP contribution in [0.25, 0.3) is 0 Å². The Morgan fingerprint density at radius 1 is 1.71 bits per heavy atom. The predicted octanol–water partition coefficient (Wildman–Crippen LogP) is -0.689. The molecule has 6 nitrogen and oxygen atoms in total. The smallest absolute Gasteiger partial charge is 0.237 e. The number of aromatic amines is 1. The molecule has 0 fully saturated rings. The summed E-state index contributed by atoms with van der Waals surface area (Å²) in [6.07, 6.45) is 2.22. The zero-order valence-corrected chi connectivity index (χ0v) is 10.1. The molecule has 1 aliphatic heterocycles. The van der Waals surface area contributed by atoms with Crippen molar-refractivity contribution in [3.8, 4) is 0 Å².